The van der Waals surface area contributed by atoms with E-state index in [4.69, 9.17) is 18.9 Å². The van der Waals surface area contributed by atoms with Crippen molar-refractivity contribution >= 4 is 5.96 Å². The van der Waals surface area contributed by atoms with Gasteiger partial charge in [0.2, 0.25) is 0 Å². The van der Waals surface area contributed by atoms with Crippen LogP contribution >= 0.6 is 0 Å². The van der Waals surface area contributed by atoms with Crippen molar-refractivity contribution in [1.82, 2.24) is 10.6 Å². The van der Waals surface area contributed by atoms with Gasteiger partial charge in [-0.3, -0.25) is 4.99 Å². The quantitative estimate of drug-likeness (QED) is 0.489. The Morgan fingerprint density at radius 3 is 2.48 bits per heavy atom. The first-order chi connectivity index (χ1) is 15.1. The number of nitrogens with one attached hydrogen (secondary N) is 2. The van der Waals surface area contributed by atoms with Gasteiger partial charge in [-0.25, -0.2) is 0 Å². The lowest BCUT2D eigenvalue weighted by atomic mass is 10.1. The molecule has 0 fully saturated rings. The van der Waals surface area contributed by atoms with E-state index in [1.165, 1.54) is 0 Å². The molecule has 7 heteroatoms. The predicted octanol–water partition coefficient (Wildman–Crippen LogP) is 4.07. The summed E-state index contributed by atoms with van der Waals surface area (Å²) in [5.41, 5.74) is 2.19. The molecule has 0 amide bonds. The van der Waals surface area contributed by atoms with Crippen molar-refractivity contribution in [3.05, 3.63) is 47.5 Å². The topological polar surface area (TPSA) is 73.3 Å². The number of rotatable bonds is 8. The molecule has 1 atom stereocenters. The van der Waals surface area contributed by atoms with Crippen molar-refractivity contribution in [3.8, 4) is 23.0 Å². The smallest absolute Gasteiger partial charge is 0.191 e. The summed E-state index contributed by atoms with van der Waals surface area (Å²) in [6, 6.07) is 12.1. The maximum atomic E-state index is 5.78. The van der Waals surface area contributed by atoms with Crippen molar-refractivity contribution < 1.29 is 18.9 Å². The second-order valence-electron chi connectivity index (χ2n) is 7.20. The zero-order valence-corrected chi connectivity index (χ0v) is 18.9. The molecule has 7 nitrogen and oxygen atoms in total. The number of nitrogens with zero attached hydrogens (tertiary/aromatic N) is 1. The van der Waals surface area contributed by atoms with Crippen LogP contribution in [0.2, 0.25) is 0 Å². The van der Waals surface area contributed by atoms with E-state index in [-0.39, 0.29) is 6.04 Å². The summed E-state index contributed by atoms with van der Waals surface area (Å²) in [4.78, 5) is 4.36. The molecule has 31 heavy (non-hydrogen) atoms. The first-order valence-electron chi connectivity index (χ1n) is 10.9. The Morgan fingerprint density at radius 1 is 1.00 bits per heavy atom. The summed E-state index contributed by atoms with van der Waals surface area (Å²) in [5, 5.41) is 6.80. The predicted molar refractivity (Wildman–Crippen MR) is 123 cm³/mol. The lowest BCUT2D eigenvalue weighted by molar-refractivity contribution is 0.287. The average molecular weight is 428 g/mol. The van der Waals surface area contributed by atoms with Gasteiger partial charge in [-0.15, -0.1) is 0 Å². The molecule has 2 aromatic rings. The maximum Gasteiger partial charge on any atom is 0.191 e. The van der Waals surface area contributed by atoms with Gasteiger partial charge in [0.25, 0.3) is 0 Å². The van der Waals surface area contributed by atoms with E-state index < -0.39 is 0 Å². The van der Waals surface area contributed by atoms with Crippen molar-refractivity contribution in [2.75, 3.05) is 33.5 Å². The molecule has 1 aliphatic heterocycles. The van der Waals surface area contributed by atoms with Crippen LogP contribution in [-0.2, 0) is 6.54 Å². The van der Waals surface area contributed by atoms with Crippen LogP contribution in [0.5, 0.6) is 23.0 Å². The van der Waals surface area contributed by atoms with E-state index in [2.05, 4.69) is 22.5 Å². The van der Waals surface area contributed by atoms with Gasteiger partial charge >= 0.3 is 0 Å². The van der Waals surface area contributed by atoms with Crippen LogP contribution < -0.4 is 29.6 Å². The molecule has 0 spiro atoms. The molecule has 0 saturated carbocycles. The van der Waals surface area contributed by atoms with Gasteiger partial charge in [-0.2, -0.15) is 0 Å². The highest BCUT2D eigenvalue weighted by atomic mass is 16.5. The maximum absolute atomic E-state index is 5.78. The van der Waals surface area contributed by atoms with Crippen LogP contribution in [0.15, 0.2) is 41.4 Å². The van der Waals surface area contributed by atoms with Crippen LogP contribution in [-0.4, -0.2) is 39.4 Å². The SMILES string of the molecule is CCOc1ccc(C(C)NC(=NC)NCc2ccc3c(c2)OCCCO3)cc1OCC. The molecule has 1 unspecified atom stereocenters. The highest BCUT2D eigenvalue weighted by Crippen LogP contribution is 2.31. The third kappa shape index (κ3) is 6.20. The lowest BCUT2D eigenvalue weighted by Crippen LogP contribution is -2.38. The highest BCUT2D eigenvalue weighted by molar-refractivity contribution is 5.80. The van der Waals surface area contributed by atoms with Gasteiger partial charge in [-0.1, -0.05) is 12.1 Å². The van der Waals surface area contributed by atoms with Gasteiger partial charge in [0.15, 0.2) is 29.0 Å². The van der Waals surface area contributed by atoms with Gasteiger partial charge < -0.3 is 29.6 Å². The zero-order chi connectivity index (χ0) is 22.1. The summed E-state index contributed by atoms with van der Waals surface area (Å²) in [6.45, 7) is 9.20. The Balaban J connectivity index is 1.62. The number of guanidine groups is 1. The first-order valence-corrected chi connectivity index (χ1v) is 10.9. The van der Waals surface area contributed by atoms with Crippen molar-refractivity contribution in [1.29, 1.82) is 0 Å². The summed E-state index contributed by atoms with van der Waals surface area (Å²) in [6.07, 6.45) is 0.896. The van der Waals surface area contributed by atoms with Crippen LogP contribution in [0.25, 0.3) is 0 Å². The minimum atomic E-state index is 0.0323. The third-order valence-corrected chi connectivity index (χ3v) is 4.92. The molecule has 168 valence electrons. The largest absolute Gasteiger partial charge is 0.490 e. The van der Waals surface area contributed by atoms with Crippen molar-refractivity contribution in [3.63, 3.8) is 0 Å². The monoisotopic (exact) mass is 427 g/mol. The molecule has 1 aliphatic rings. The fourth-order valence-corrected chi connectivity index (χ4v) is 3.32. The molecule has 3 rings (SSSR count). The second-order valence-corrected chi connectivity index (χ2v) is 7.20. The standard InChI is InChI=1S/C24H33N3O4/c1-5-28-20-11-9-19(15-23(20)29-6-2)17(3)27-24(25-4)26-16-18-8-10-21-22(14-18)31-13-7-12-30-21/h8-11,14-15,17H,5-7,12-13,16H2,1-4H3,(H2,25,26,27). The molecule has 0 bridgehead atoms. The summed E-state index contributed by atoms with van der Waals surface area (Å²) in [7, 11) is 1.76. The van der Waals surface area contributed by atoms with Crippen molar-refractivity contribution in [2.24, 2.45) is 4.99 Å². The van der Waals surface area contributed by atoms with Crippen LogP contribution in [0.3, 0.4) is 0 Å². The fraction of sp³-hybridized carbons (Fsp3) is 0.458. The molecule has 0 aromatic heterocycles. The molecular formula is C24H33N3O4. The Kier molecular flexibility index (Phi) is 8.27. The van der Waals surface area contributed by atoms with Gasteiger partial charge in [0.1, 0.15) is 0 Å². The molecule has 0 saturated heterocycles. The molecule has 0 aliphatic carbocycles. The zero-order valence-electron chi connectivity index (χ0n) is 18.9. The second kappa shape index (κ2) is 11.3. The van der Waals surface area contributed by atoms with E-state index in [1.807, 2.05) is 50.2 Å². The van der Waals surface area contributed by atoms with Crippen LogP contribution in [0.1, 0.15) is 44.4 Å². The number of hydrogen-bond acceptors (Lipinski definition) is 5. The van der Waals surface area contributed by atoms with E-state index in [9.17, 15) is 0 Å². The Hall–Kier alpha value is -3.09. The van der Waals surface area contributed by atoms with E-state index in [0.717, 1.165) is 40.5 Å². The fourth-order valence-electron chi connectivity index (χ4n) is 3.32. The van der Waals surface area contributed by atoms with Crippen molar-refractivity contribution in [2.45, 2.75) is 39.8 Å². The number of fused-ring (bicyclic) bond motifs is 1. The Bertz CT molecular complexity index is 885. The molecule has 1 heterocycles. The highest BCUT2D eigenvalue weighted by Gasteiger charge is 2.14. The molecule has 0 radical (unpaired) electrons. The summed E-state index contributed by atoms with van der Waals surface area (Å²) in [5.74, 6) is 3.83. The van der Waals surface area contributed by atoms with Crippen LogP contribution in [0, 0.1) is 0 Å². The minimum Gasteiger partial charge on any atom is -0.490 e. The third-order valence-electron chi connectivity index (χ3n) is 4.92. The summed E-state index contributed by atoms with van der Waals surface area (Å²) < 4.78 is 22.9. The Morgan fingerprint density at radius 2 is 1.74 bits per heavy atom. The number of benzene rings is 2. The van der Waals surface area contributed by atoms with Crippen LogP contribution in [0.4, 0.5) is 0 Å². The van der Waals surface area contributed by atoms with E-state index in [1.54, 1.807) is 7.05 Å². The average Bonchev–Trinajstić information content (AvgIpc) is 3.03. The van der Waals surface area contributed by atoms with E-state index in [0.29, 0.717) is 38.9 Å². The number of aliphatic imine (C=N–C) groups is 1. The Labute approximate surface area is 184 Å². The lowest BCUT2D eigenvalue weighted by Gasteiger charge is -2.20. The molecule has 2 aromatic carbocycles. The summed E-state index contributed by atoms with van der Waals surface area (Å²) >= 11 is 0. The normalized spacial score (nSPS) is 14.4. The van der Waals surface area contributed by atoms with Gasteiger partial charge in [-0.05, 0) is 56.2 Å². The first kappa shape index (κ1) is 22.6. The van der Waals surface area contributed by atoms with Gasteiger partial charge in [0.05, 0.1) is 32.5 Å². The number of hydrogen-bond donors (Lipinski definition) is 2. The number of ether oxygens (including phenoxy) is 4. The van der Waals surface area contributed by atoms with E-state index >= 15 is 0 Å². The molecular weight excluding hydrogens is 394 g/mol. The van der Waals surface area contributed by atoms with Gasteiger partial charge in [0, 0.05) is 20.0 Å². The molecule has 2 N–H and O–H groups in total. The minimum absolute atomic E-state index is 0.0323.